The summed E-state index contributed by atoms with van der Waals surface area (Å²) in [6, 6.07) is 17.1. The van der Waals surface area contributed by atoms with E-state index in [1.807, 2.05) is 0 Å². The van der Waals surface area contributed by atoms with E-state index < -0.39 is 0 Å². The Balaban J connectivity index is 1.11. The van der Waals surface area contributed by atoms with E-state index in [1.54, 1.807) is 12.5 Å². The van der Waals surface area contributed by atoms with E-state index in [4.69, 9.17) is 18.9 Å². The van der Waals surface area contributed by atoms with Gasteiger partial charge in [-0.15, -0.1) is 0 Å². The van der Waals surface area contributed by atoms with E-state index in [0.717, 1.165) is 13.2 Å². The molecule has 0 saturated carbocycles. The Hall–Kier alpha value is -2.56. The quantitative estimate of drug-likeness (QED) is 0.594. The third-order valence-electron chi connectivity index (χ3n) is 5.09. The van der Waals surface area contributed by atoms with E-state index in [0.29, 0.717) is 38.3 Å². The van der Waals surface area contributed by atoms with Crippen molar-refractivity contribution < 1.29 is 18.9 Å². The van der Waals surface area contributed by atoms with Crippen LogP contribution in [0.2, 0.25) is 0 Å². The summed E-state index contributed by atoms with van der Waals surface area (Å²) in [7, 11) is 0. The number of hydrogen-bond donors (Lipinski definition) is 0. The number of benzene rings is 2. The standard InChI is InChI=1S/C24H26O4/c1-5-21(23-9-11-25-17-23)6-2-19(1)15-27-13-14-28-16-20-3-7-22(8-4-20)24-10-12-26-18-24/h1-12,23-24H,13-18H2. The summed E-state index contributed by atoms with van der Waals surface area (Å²) in [6.45, 7) is 3.86. The molecule has 4 heteroatoms. The molecule has 28 heavy (non-hydrogen) atoms. The van der Waals surface area contributed by atoms with E-state index in [1.165, 1.54) is 22.3 Å². The number of hydrogen-bond acceptors (Lipinski definition) is 4. The molecule has 2 aromatic carbocycles. The highest BCUT2D eigenvalue weighted by atomic mass is 16.5. The molecule has 2 aliphatic rings. The maximum absolute atomic E-state index is 5.72. The molecule has 146 valence electrons. The normalized spacial score (nSPS) is 20.3. The minimum atomic E-state index is 0.375. The molecule has 0 radical (unpaired) electrons. The fraction of sp³-hybridized carbons (Fsp3) is 0.333. The second-order valence-corrected chi connectivity index (χ2v) is 7.13. The summed E-state index contributed by atoms with van der Waals surface area (Å²) in [4.78, 5) is 0. The number of rotatable bonds is 9. The van der Waals surface area contributed by atoms with E-state index in [-0.39, 0.29) is 0 Å². The summed E-state index contributed by atoms with van der Waals surface area (Å²) >= 11 is 0. The van der Waals surface area contributed by atoms with Crippen LogP contribution in [-0.2, 0) is 32.2 Å². The van der Waals surface area contributed by atoms with Crippen molar-refractivity contribution in [2.24, 2.45) is 0 Å². The molecule has 2 aromatic rings. The van der Waals surface area contributed by atoms with Gasteiger partial charge in [0.1, 0.15) is 0 Å². The molecule has 0 fully saturated rings. The van der Waals surface area contributed by atoms with Gasteiger partial charge in [0, 0.05) is 11.8 Å². The lowest BCUT2D eigenvalue weighted by atomic mass is 10.00. The SMILES string of the molecule is C1=CC(c2ccc(COCCOCc3ccc(C4C=COC4)cc3)cc2)CO1. The Morgan fingerprint density at radius 3 is 1.43 bits per heavy atom. The van der Waals surface area contributed by atoms with Crippen LogP contribution < -0.4 is 0 Å². The van der Waals surface area contributed by atoms with Gasteiger partial charge in [-0.25, -0.2) is 0 Å². The highest BCUT2D eigenvalue weighted by molar-refractivity contribution is 5.29. The predicted octanol–water partition coefficient (Wildman–Crippen LogP) is 4.68. The third-order valence-corrected chi connectivity index (χ3v) is 5.09. The molecule has 0 bridgehead atoms. The van der Waals surface area contributed by atoms with E-state index in [9.17, 15) is 0 Å². The highest BCUT2D eigenvalue weighted by Gasteiger charge is 2.13. The van der Waals surface area contributed by atoms with Crippen LogP contribution in [0.1, 0.15) is 34.1 Å². The topological polar surface area (TPSA) is 36.9 Å². The summed E-state index contributed by atoms with van der Waals surface area (Å²) < 4.78 is 22.0. The third kappa shape index (κ3) is 5.03. The monoisotopic (exact) mass is 378 g/mol. The van der Waals surface area contributed by atoms with Crippen LogP contribution in [0.5, 0.6) is 0 Å². The Kier molecular flexibility index (Phi) is 6.43. The van der Waals surface area contributed by atoms with Gasteiger partial charge in [0.05, 0.1) is 52.2 Å². The Morgan fingerprint density at radius 1 is 0.643 bits per heavy atom. The van der Waals surface area contributed by atoms with Crippen LogP contribution in [0.15, 0.2) is 73.2 Å². The molecule has 0 amide bonds. The fourth-order valence-electron chi connectivity index (χ4n) is 3.37. The average Bonchev–Trinajstić information content (AvgIpc) is 3.46. The van der Waals surface area contributed by atoms with Gasteiger partial charge in [-0.05, 0) is 34.4 Å². The molecular formula is C24H26O4. The van der Waals surface area contributed by atoms with Gasteiger partial charge in [-0.1, -0.05) is 48.5 Å². The lowest BCUT2D eigenvalue weighted by molar-refractivity contribution is 0.0339. The molecule has 0 aromatic heterocycles. The van der Waals surface area contributed by atoms with Crippen molar-refractivity contribution in [3.05, 3.63) is 95.5 Å². The number of ether oxygens (including phenoxy) is 4. The largest absolute Gasteiger partial charge is 0.501 e. The zero-order valence-electron chi connectivity index (χ0n) is 16.0. The first-order valence-electron chi connectivity index (χ1n) is 9.78. The molecule has 0 spiro atoms. The first-order chi connectivity index (χ1) is 13.9. The van der Waals surface area contributed by atoms with E-state index in [2.05, 4.69) is 60.7 Å². The van der Waals surface area contributed by atoms with Crippen LogP contribution in [0.3, 0.4) is 0 Å². The second-order valence-electron chi connectivity index (χ2n) is 7.13. The van der Waals surface area contributed by atoms with Gasteiger partial charge in [0.25, 0.3) is 0 Å². The van der Waals surface area contributed by atoms with Crippen LogP contribution in [0.25, 0.3) is 0 Å². The summed E-state index contributed by atoms with van der Waals surface area (Å²) in [5, 5.41) is 0. The molecule has 2 aliphatic heterocycles. The fourth-order valence-corrected chi connectivity index (χ4v) is 3.37. The molecule has 0 saturated heterocycles. The zero-order valence-corrected chi connectivity index (χ0v) is 16.0. The van der Waals surface area contributed by atoms with Crippen LogP contribution >= 0.6 is 0 Å². The van der Waals surface area contributed by atoms with Gasteiger partial charge < -0.3 is 18.9 Å². The highest BCUT2D eigenvalue weighted by Crippen LogP contribution is 2.23. The summed E-state index contributed by atoms with van der Waals surface area (Å²) in [6.07, 6.45) is 7.74. The smallest absolute Gasteiger partial charge is 0.0977 e. The maximum Gasteiger partial charge on any atom is 0.0977 e. The van der Waals surface area contributed by atoms with Gasteiger partial charge in [-0.2, -0.15) is 0 Å². The van der Waals surface area contributed by atoms with Crippen LogP contribution in [0.4, 0.5) is 0 Å². The van der Waals surface area contributed by atoms with Crippen molar-refractivity contribution in [1.29, 1.82) is 0 Å². The first-order valence-corrected chi connectivity index (χ1v) is 9.78. The minimum Gasteiger partial charge on any atom is -0.501 e. The maximum atomic E-state index is 5.72. The lowest BCUT2D eigenvalue weighted by Crippen LogP contribution is -2.05. The molecular weight excluding hydrogens is 352 g/mol. The van der Waals surface area contributed by atoms with Gasteiger partial charge >= 0.3 is 0 Å². The van der Waals surface area contributed by atoms with Gasteiger partial charge in [0.15, 0.2) is 0 Å². The second kappa shape index (κ2) is 9.58. The zero-order chi connectivity index (χ0) is 19.0. The molecule has 2 unspecified atom stereocenters. The Morgan fingerprint density at radius 2 is 1.07 bits per heavy atom. The van der Waals surface area contributed by atoms with Crippen molar-refractivity contribution in [3.8, 4) is 0 Å². The van der Waals surface area contributed by atoms with Crippen LogP contribution in [0, 0.1) is 0 Å². The van der Waals surface area contributed by atoms with Crippen molar-refractivity contribution in [2.75, 3.05) is 26.4 Å². The van der Waals surface area contributed by atoms with Gasteiger partial charge in [-0.3, -0.25) is 0 Å². The average molecular weight is 378 g/mol. The van der Waals surface area contributed by atoms with Crippen molar-refractivity contribution in [1.82, 2.24) is 0 Å². The van der Waals surface area contributed by atoms with Crippen molar-refractivity contribution in [2.45, 2.75) is 25.0 Å². The Labute approximate surface area is 166 Å². The molecule has 0 aliphatic carbocycles. The van der Waals surface area contributed by atoms with Crippen LogP contribution in [-0.4, -0.2) is 26.4 Å². The molecule has 4 rings (SSSR count). The first kappa shape index (κ1) is 18.8. The lowest BCUT2D eigenvalue weighted by Gasteiger charge is -2.10. The van der Waals surface area contributed by atoms with Gasteiger partial charge in [0.2, 0.25) is 0 Å². The molecule has 0 N–H and O–H groups in total. The molecule has 4 nitrogen and oxygen atoms in total. The minimum absolute atomic E-state index is 0.375. The molecule has 2 atom stereocenters. The summed E-state index contributed by atoms with van der Waals surface area (Å²) in [5.74, 6) is 0.751. The predicted molar refractivity (Wildman–Crippen MR) is 108 cm³/mol. The Bertz CT molecular complexity index is 723. The van der Waals surface area contributed by atoms with Crippen molar-refractivity contribution >= 4 is 0 Å². The summed E-state index contributed by atoms with van der Waals surface area (Å²) in [5.41, 5.74) is 4.91. The molecule has 2 heterocycles. The van der Waals surface area contributed by atoms with E-state index >= 15 is 0 Å². The van der Waals surface area contributed by atoms with Crippen molar-refractivity contribution in [3.63, 3.8) is 0 Å².